The molecule has 1 aliphatic heterocycles. The minimum Gasteiger partial charge on any atom is -0.379 e. The number of pyridine rings is 1. The minimum absolute atomic E-state index is 0.324. The lowest BCUT2D eigenvalue weighted by atomic mass is 10.0. The maximum absolute atomic E-state index is 5.45. The van der Waals surface area contributed by atoms with Gasteiger partial charge in [-0.05, 0) is 24.6 Å². The fourth-order valence-electron chi connectivity index (χ4n) is 3.36. The van der Waals surface area contributed by atoms with Gasteiger partial charge in [0.2, 0.25) is 0 Å². The summed E-state index contributed by atoms with van der Waals surface area (Å²) in [4.78, 5) is 11.3. The van der Waals surface area contributed by atoms with Crippen molar-refractivity contribution in [1.82, 2.24) is 20.0 Å². The van der Waals surface area contributed by atoms with Crippen LogP contribution in [0.3, 0.4) is 0 Å². The van der Waals surface area contributed by atoms with Crippen molar-refractivity contribution >= 4 is 0 Å². The molecule has 146 valence electrons. The summed E-state index contributed by atoms with van der Waals surface area (Å²) < 4.78 is 15.7. The van der Waals surface area contributed by atoms with E-state index in [4.69, 9.17) is 14.0 Å². The van der Waals surface area contributed by atoms with E-state index in [1.165, 1.54) is 5.56 Å². The summed E-state index contributed by atoms with van der Waals surface area (Å²) in [6.45, 7) is 6.15. The lowest BCUT2D eigenvalue weighted by Crippen LogP contribution is -2.37. The first-order valence-electron chi connectivity index (χ1n) is 9.44. The maximum Gasteiger partial charge on any atom is 0.259 e. The Morgan fingerprint density at radius 2 is 1.82 bits per heavy atom. The molecule has 7 heteroatoms. The zero-order chi connectivity index (χ0) is 19.3. The molecule has 1 fully saturated rings. The summed E-state index contributed by atoms with van der Waals surface area (Å²) >= 11 is 0. The van der Waals surface area contributed by atoms with Gasteiger partial charge in [-0.3, -0.25) is 9.88 Å². The number of aromatic nitrogens is 3. The van der Waals surface area contributed by atoms with E-state index in [1.54, 1.807) is 13.3 Å². The Bertz CT molecular complexity index is 887. The van der Waals surface area contributed by atoms with Crippen LogP contribution in [0.15, 0.2) is 47.1 Å². The molecule has 4 rings (SSSR count). The minimum atomic E-state index is 0.324. The van der Waals surface area contributed by atoms with E-state index in [9.17, 15) is 0 Å². The Labute approximate surface area is 164 Å². The van der Waals surface area contributed by atoms with Gasteiger partial charge in [-0.25, -0.2) is 0 Å². The van der Waals surface area contributed by atoms with Crippen LogP contribution in [0.4, 0.5) is 0 Å². The molecule has 0 spiro atoms. The molecule has 0 saturated carbocycles. The normalized spacial score (nSPS) is 16.2. The molecule has 1 saturated heterocycles. The van der Waals surface area contributed by atoms with Crippen molar-refractivity contribution < 1.29 is 14.0 Å². The highest BCUT2D eigenvalue weighted by Gasteiger charge is 2.18. The lowest BCUT2D eigenvalue weighted by molar-refractivity contribution is 0.0198. The molecule has 1 atom stereocenters. The average molecular weight is 380 g/mol. The smallest absolute Gasteiger partial charge is 0.259 e. The van der Waals surface area contributed by atoms with Crippen LogP contribution < -0.4 is 0 Å². The predicted molar refractivity (Wildman–Crippen MR) is 104 cm³/mol. The third kappa shape index (κ3) is 4.11. The first kappa shape index (κ1) is 18.7. The van der Waals surface area contributed by atoms with Gasteiger partial charge < -0.3 is 14.0 Å². The molecular weight excluding hydrogens is 356 g/mol. The van der Waals surface area contributed by atoms with Crippen LogP contribution in [-0.4, -0.2) is 53.4 Å². The number of methoxy groups -OCH3 is 1. The van der Waals surface area contributed by atoms with Gasteiger partial charge >= 0.3 is 0 Å². The van der Waals surface area contributed by atoms with Crippen molar-refractivity contribution in [2.24, 2.45) is 0 Å². The van der Waals surface area contributed by atoms with E-state index in [0.717, 1.165) is 43.1 Å². The molecule has 0 amide bonds. The number of hydrogen-bond donors (Lipinski definition) is 0. The summed E-state index contributed by atoms with van der Waals surface area (Å²) in [7, 11) is 1.60. The van der Waals surface area contributed by atoms with Crippen molar-refractivity contribution in [3.8, 4) is 22.7 Å². The molecule has 0 N–H and O–H groups in total. The summed E-state index contributed by atoms with van der Waals surface area (Å²) in [5.74, 6) is 0.965. The monoisotopic (exact) mass is 380 g/mol. The average Bonchev–Trinajstić information content (AvgIpc) is 3.23. The Morgan fingerprint density at radius 1 is 1.07 bits per heavy atom. The van der Waals surface area contributed by atoms with Crippen LogP contribution in [0.2, 0.25) is 0 Å². The largest absolute Gasteiger partial charge is 0.379 e. The molecule has 3 aromatic rings. The Hall–Kier alpha value is -2.61. The van der Waals surface area contributed by atoms with Crippen molar-refractivity contribution in [2.45, 2.75) is 19.6 Å². The molecule has 0 radical (unpaired) electrons. The molecule has 28 heavy (non-hydrogen) atoms. The van der Waals surface area contributed by atoms with Crippen molar-refractivity contribution in [3.05, 3.63) is 54.0 Å². The lowest BCUT2D eigenvalue weighted by Gasteiger charge is -2.32. The van der Waals surface area contributed by atoms with Crippen molar-refractivity contribution in [1.29, 1.82) is 0 Å². The molecular formula is C21H24N4O3. The molecule has 3 heterocycles. The second kappa shape index (κ2) is 8.60. The third-order valence-electron chi connectivity index (χ3n) is 5.03. The Kier molecular flexibility index (Phi) is 5.76. The highest BCUT2D eigenvalue weighted by atomic mass is 16.5. The van der Waals surface area contributed by atoms with E-state index in [-0.39, 0.29) is 0 Å². The van der Waals surface area contributed by atoms with Gasteiger partial charge in [-0.2, -0.15) is 4.98 Å². The van der Waals surface area contributed by atoms with E-state index in [0.29, 0.717) is 24.4 Å². The van der Waals surface area contributed by atoms with E-state index < -0.39 is 0 Å². The Morgan fingerprint density at radius 3 is 2.50 bits per heavy atom. The van der Waals surface area contributed by atoms with Crippen LogP contribution in [0.1, 0.15) is 24.4 Å². The van der Waals surface area contributed by atoms with Gasteiger partial charge in [-0.15, -0.1) is 0 Å². The van der Waals surface area contributed by atoms with Crippen LogP contribution in [0, 0.1) is 0 Å². The van der Waals surface area contributed by atoms with Gasteiger partial charge in [0.15, 0.2) is 5.82 Å². The number of hydrogen-bond acceptors (Lipinski definition) is 7. The first-order valence-corrected chi connectivity index (χ1v) is 9.44. The Balaban J connectivity index is 1.46. The second-order valence-electron chi connectivity index (χ2n) is 6.83. The highest BCUT2D eigenvalue weighted by molar-refractivity contribution is 5.62. The molecule has 1 aliphatic rings. The van der Waals surface area contributed by atoms with Crippen molar-refractivity contribution in [2.75, 3.05) is 33.4 Å². The van der Waals surface area contributed by atoms with Gasteiger partial charge in [0.05, 0.1) is 24.5 Å². The second-order valence-corrected chi connectivity index (χ2v) is 6.83. The van der Waals surface area contributed by atoms with E-state index in [1.807, 2.05) is 12.1 Å². The van der Waals surface area contributed by atoms with Gasteiger partial charge in [-0.1, -0.05) is 29.4 Å². The molecule has 2 aromatic heterocycles. The standard InChI is InChI=1S/C21H24N4O3/c1-15(25-9-11-27-12-10-25)16-3-5-17(6-4-16)19-8-7-18(13-22-19)21-23-20(14-26-2)24-28-21/h3-8,13,15H,9-12,14H2,1-2H3/t15-/m0/s1. The molecule has 0 unspecified atom stereocenters. The number of benzene rings is 1. The predicted octanol–water partition coefficient (Wildman–Crippen LogP) is 3.34. The molecule has 0 aliphatic carbocycles. The van der Waals surface area contributed by atoms with Gasteiger partial charge in [0, 0.05) is 38.0 Å². The number of ether oxygens (including phenoxy) is 2. The molecule has 1 aromatic carbocycles. The number of rotatable bonds is 6. The summed E-state index contributed by atoms with van der Waals surface area (Å²) in [5.41, 5.74) is 4.08. The first-order chi connectivity index (χ1) is 13.7. The summed E-state index contributed by atoms with van der Waals surface area (Å²) in [5, 5.41) is 3.88. The van der Waals surface area contributed by atoms with Crippen LogP contribution in [0.25, 0.3) is 22.7 Å². The quantitative estimate of drug-likeness (QED) is 0.649. The summed E-state index contributed by atoms with van der Waals surface area (Å²) in [6.07, 6.45) is 1.75. The number of morpholine rings is 1. The zero-order valence-corrected chi connectivity index (χ0v) is 16.2. The summed E-state index contributed by atoms with van der Waals surface area (Å²) in [6, 6.07) is 12.9. The topological polar surface area (TPSA) is 73.5 Å². The number of nitrogens with zero attached hydrogens (tertiary/aromatic N) is 4. The fraction of sp³-hybridized carbons (Fsp3) is 0.381. The van der Waals surface area contributed by atoms with Crippen LogP contribution in [0.5, 0.6) is 0 Å². The SMILES string of the molecule is COCc1noc(-c2ccc(-c3ccc([C@H](C)N4CCOCC4)cc3)nc2)n1. The zero-order valence-electron chi connectivity index (χ0n) is 16.2. The van der Waals surface area contributed by atoms with E-state index >= 15 is 0 Å². The van der Waals surface area contributed by atoms with Crippen LogP contribution >= 0.6 is 0 Å². The van der Waals surface area contributed by atoms with Crippen molar-refractivity contribution in [3.63, 3.8) is 0 Å². The third-order valence-corrected chi connectivity index (χ3v) is 5.03. The van der Waals surface area contributed by atoms with Crippen LogP contribution in [-0.2, 0) is 16.1 Å². The van der Waals surface area contributed by atoms with Gasteiger partial charge in [0.1, 0.15) is 6.61 Å². The maximum atomic E-state index is 5.45. The fourth-order valence-corrected chi connectivity index (χ4v) is 3.36. The van der Waals surface area contributed by atoms with Gasteiger partial charge in [0.25, 0.3) is 5.89 Å². The highest BCUT2D eigenvalue weighted by Crippen LogP contribution is 2.26. The van der Waals surface area contributed by atoms with E-state index in [2.05, 4.69) is 51.2 Å². The molecule has 0 bridgehead atoms. The molecule has 7 nitrogen and oxygen atoms in total.